The molecular formula is C28H33F2N5O2. The van der Waals surface area contributed by atoms with Crippen LogP contribution in [0.5, 0.6) is 5.75 Å². The lowest BCUT2D eigenvalue weighted by atomic mass is 9.68. The largest absolute Gasteiger partial charge is 0.435 e. The molecule has 1 saturated heterocycles. The number of nitrogen functional groups attached to an aromatic ring is 1. The number of nitrogens with zero attached hydrogens (tertiary/aromatic N) is 4. The monoisotopic (exact) mass is 509 g/mol. The predicted molar refractivity (Wildman–Crippen MR) is 140 cm³/mol. The summed E-state index contributed by atoms with van der Waals surface area (Å²) in [6.07, 6.45) is 10.3. The number of hydrogen-bond donors (Lipinski definition) is 1. The molecule has 1 aliphatic carbocycles. The Morgan fingerprint density at radius 2 is 1.89 bits per heavy atom. The van der Waals surface area contributed by atoms with E-state index in [1.807, 2.05) is 18.9 Å². The zero-order valence-corrected chi connectivity index (χ0v) is 21.3. The minimum atomic E-state index is -2.88. The Bertz CT molecular complexity index is 1320. The number of likely N-dealkylation sites (tertiary alicyclic amines) is 1. The topological polar surface area (TPSA) is 86.3 Å². The summed E-state index contributed by atoms with van der Waals surface area (Å²) in [6, 6.07) is 6.64. The molecule has 0 atom stereocenters. The number of nitrogens with two attached hydrogens (primary N) is 1. The van der Waals surface area contributed by atoms with E-state index in [0.717, 1.165) is 79.5 Å². The van der Waals surface area contributed by atoms with Crippen LogP contribution >= 0.6 is 0 Å². The van der Waals surface area contributed by atoms with E-state index in [-0.39, 0.29) is 17.1 Å². The number of aryl methyl sites for hydroxylation is 1. The van der Waals surface area contributed by atoms with E-state index >= 15 is 0 Å². The third-order valence-electron chi connectivity index (χ3n) is 8.02. The van der Waals surface area contributed by atoms with Gasteiger partial charge in [0.15, 0.2) is 0 Å². The Labute approximate surface area is 215 Å². The first-order valence-electron chi connectivity index (χ1n) is 12.9. The quantitative estimate of drug-likeness (QED) is 0.454. The van der Waals surface area contributed by atoms with Gasteiger partial charge < -0.3 is 19.9 Å². The second-order valence-electron chi connectivity index (χ2n) is 10.2. The number of halogens is 2. The van der Waals surface area contributed by atoms with Gasteiger partial charge in [-0.1, -0.05) is 25.1 Å². The van der Waals surface area contributed by atoms with Crippen molar-refractivity contribution in [1.29, 1.82) is 0 Å². The SMILES string of the molecule is CCCC(=O)N1CCC2(CC=C(c3c(-c4ccc(OC(F)F)cc4)c4c(N)ncnc4n3C)CC2)CC1. The number of amides is 1. The van der Waals surface area contributed by atoms with Gasteiger partial charge in [-0.15, -0.1) is 0 Å². The lowest BCUT2D eigenvalue weighted by molar-refractivity contribution is -0.133. The zero-order chi connectivity index (χ0) is 26.2. The number of rotatable bonds is 6. The molecule has 9 heteroatoms. The van der Waals surface area contributed by atoms with Crippen LogP contribution in [-0.2, 0) is 11.8 Å². The molecule has 1 spiro atoms. The van der Waals surface area contributed by atoms with E-state index in [4.69, 9.17) is 5.73 Å². The number of carbonyl (C=O) groups is 1. The number of aromatic nitrogens is 3. The summed E-state index contributed by atoms with van der Waals surface area (Å²) in [4.78, 5) is 23.1. The first-order chi connectivity index (χ1) is 17.8. The van der Waals surface area contributed by atoms with Crippen molar-refractivity contribution in [3.8, 4) is 16.9 Å². The molecule has 7 nitrogen and oxygen atoms in total. The van der Waals surface area contributed by atoms with Crippen LogP contribution in [0.2, 0.25) is 0 Å². The van der Waals surface area contributed by atoms with Crippen LogP contribution in [-0.4, -0.2) is 45.0 Å². The van der Waals surface area contributed by atoms with E-state index in [2.05, 4.69) is 25.3 Å². The highest BCUT2D eigenvalue weighted by atomic mass is 19.3. The van der Waals surface area contributed by atoms with Crippen molar-refractivity contribution in [2.75, 3.05) is 18.8 Å². The first kappa shape index (κ1) is 25.2. The molecule has 196 valence electrons. The van der Waals surface area contributed by atoms with Crippen molar-refractivity contribution in [3.63, 3.8) is 0 Å². The number of alkyl halides is 2. The zero-order valence-electron chi connectivity index (χ0n) is 21.3. The summed E-state index contributed by atoms with van der Waals surface area (Å²) < 4.78 is 32.0. The van der Waals surface area contributed by atoms with Crippen molar-refractivity contribution in [1.82, 2.24) is 19.4 Å². The Morgan fingerprint density at radius 3 is 2.51 bits per heavy atom. The van der Waals surface area contributed by atoms with Gasteiger partial charge in [0.25, 0.3) is 0 Å². The molecule has 0 radical (unpaired) electrons. The predicted octanol–water partition coefficient (Wildman–Crippen LogP) is 5.80. The van der Waals surface area contributed by atoms with E-state index < -0.39 is 6.61 Å². The molecule has 2 aliphatic rings. The molecule has 0 saturated carbocycles. The fourth-order valence-electron chi connectivity index (χ4n) is 5.95. The van der Waals surface area contributed by atoms with Gasteiger partial charge in [0.1, 0.15) is 23.5 Å². The van der Waals surface area contributed by atoms with E-state index in [0.29, 0.717) is 12.2 Å². The molecule has 2 aromatic heterocycles. The van der Waals surface area contributed by atoms with Gasteiger partial charge in [-0.3, -0.25) is 4.79 Å². The molecule has 1 fully saturated rings. The van der Waals surface area contributed by atoms with Gasteiger partial charge in [0.05, 0.1) is 11.1 Å². The number of piperidine rings is 1. The molecular weight excluding hydrogens is 476 g/mol. The Kier molecular flexibility index (Phi) is 6.88. The van der Waals surface area contributed by atoms with E-state index in [1.165, 1.54) is 11.9 Å². The molecule has 1 aromatic carbocycles. The third-order valence-corrected chi connectivity index (χ3v) is 8.02. The van der Waals surface area contributed by atoms with Crippen LogP contribution in [0.3, 0.4) is 0 Å². The Balaban J connectivity index is 1.48. The van der Waals surface area contributed by atoms with Gasteiger partial charge in [-0.2, -0.15) is 8.78 Å². The average Bonchev–Trinajstić information content (AvgIpc) is 3.19. The minimum absolute atomic E-state index is 0.104. The van der Waals surface area contributed by atoms with E-state index in [9.17, 15) is 13.6 Å². The highest BCUT2D eigenvalue weighted by Crippen LogP contribution is 2.48. The maximum absolute atomic E-state index is 12.7. The average molecular weight is 510 g/mol. The summed E-state index contributed by atoms with van der Waals surface area (Å²) in [5, 5.41) is 0.756. The van der Waals surface area contributed by atoms with Crippen LogP contribution in [0, 0.1) is 5.41 Å². The molecule has 1 aliphatic heterocycles. The van der Waals surface area contributed by atoms with Gasteiger partial charge in [0.2, 0.25) is 5.91 Å². The third kappa shape index (κ3) is 4.79. The summed E-state index contributed by atoms with van der Waals surface area (Å²) in [5.74, 6) is 0.757. The van der Waals surface area contributed by atoms with Gasteiger partial charge in [-0.25, -0.2) is 9.97 Å². The highest BCUT2D eigenvalue weighted by molar-refractivity contribution is 6.06. The van der Waals surface area contributed by atoms with Gasteiger partial charge in [-0.05, 0) is 67.2 Å². The van der Waals surface area contributed by atoms with E-state index in [1.54, 1.807) is 24.3 Å². The van der Waals surface area contributed by atoms with Crippen molar-refractivity contribution in [2.24, 2.45) is 12.5 Å². The highest BCUT2D eigenvalue weighted by Gasteiger charge is 2.37. The standard InChI is InChI=1S/C28H33F2N5O2/c1-3-4-21(36)35-15-13-28(14-16-35)11-9-19(10-12-28)24-22(18-5-7-20(8-6-18)37-27(29)30)23-25(31)32-17-33-26(23)34(24)2/h5-9,17,27H,3-4,10-16H2,1-2H3,(H2,31,32,33). The lowest BCUT2D eigenvalue weighted by Crippen LogP contribution is -2.43. The van der Waals surface area contributed by atoms with Gasteiger partial charge >= 0.3 is 6.61 Å². The van der Waals surface area contributed by atoms with Crippen molar-refractivity contribution >= 4 is 28.3 Å². The number of anilines is 1. The van der Waals surface area contributed by atoms with Crippen LogP contribution in [0.15, 0.2) is 36.7 Å². The van der Waals surface area contributed by atoms with Crippen LogP contribution in [0.25, 0.3) is 27.7 Å². The van der Waals surface area contributed by atoms with Crippen LogP contribution in [0.4, 0.5) is 14.6 Å². The lowest BCUT2D eigenvalue weighted by Gasteiger charge is -2.44. The Hall–Kier alpha value is -3.49. The second kappa shape index (κ2) is 10.1. The Morgan fingerprint density at radius 1 is 1.16 bits per heavy atom. The molecule has 0 unspecified atom stereocenters. The maximum Gasteiger partial charge on any atom is 0.387 e. The normalized spacial score (nSPS) is 17.4. The number of fused-ring (bicyclic) bond motifs is 1. The van der Waals surface area contributed by atoms with Crippen molar-refractivity contribution < 1.29 is 18.3 Å². The second-order valence-corrected chi connectivity index (χ2v) is 10.2. The maximum atomic E-state index is 12.7. The molecule has 3 aromatic rings. The first-order valence-corrected chi connectivity index (χ1v) is 12.9. The number of carbonyl (C=O) groups excluding carboxylic acids is 1. The summed E-state index contributed by atoms with van der Waals surface area (Å²) in [5.41, 5.74) is 11.3. The number of benzene rings is 1. The molecule has 1 amide bonds. The number of ether oxygens (including phenoxy) is 1. The summed E-state index contributed by atoms with van der Waals surface area (Å²) in [7, 11) is 1.98. The smallest absolute Gasteiger partial charge is 0.387 e. The number of hydrogen-bond acceptors (Lipinski definition) is 5. The molecule has 37 heavy (non-hydrogen) atoms. The molecule has 3 heterocycles. The van der Waals surface area contributed by atoms with Crippen LogP contribution < -0.4 is 10.5 Å². The van der Waals surface area contributed by atoms with Crippen molar-refractivity contribution in [2.45, 2.75) is 58.5 Å². The summed E-state index contributed by atoms with van der Waals surface area (Å²) >= 11 is 0. The van der Waals surface area contributed by atoms with Crippen LogP contribution in [0.1, 0.15) is 57.6 Å². The molecule has 0 bridgehead atoms. The van der Waals surface area contributed by atoms with Gasteiger partial charge in [0, 0.05) is 32.1 Å². The number of allylic oxidation sites excluding steroid dienone is 2. The fraction of sp³-hybridized carbons (Fsp3) is 0.464. The molecule has 2 N–H and O–H groups in total. The fourth-order valence-corrected chi connectivity index (χ4v) is 5.95. The minimum Gasteiger partial charge on any atom is -0.435 e. The summed E-state index contributed by atoms with van der Waals surface area (Å²) in [6.45, 7) is 0.836. The van der Waals surface area contributed by atoms with Crippen molar-refractivity contribution in [3.05, 3.63) is 42.4 Å². The molecule has 5 rings (SSSR count).